The van der Waals surface area contributed by atoms with Gasteiger partial charge in [0.15, 0.2) is 11.5 Å². The van der Waals surface area contributed by atoms with E-state index in [0.717, 1.165) is 16.3 Å². The number of ether oxygens (including phenoxy) is 4. The number of methoxy groups -OCH3 is 3. The predicted octanol–water partition coefficient (Wildman–Crippen LogP) is 3.06. The molecule has 0 unspecified atom stereocenters. The summed E-state index contributed by atoms with van der Waals surface area (Å²) in [5.74, 6) is 0.945. The van der Waals surface area contributed by atoms with Crippen LogP contribution in [0.2, 0.25) is 0 Å². The summed E-state index contributed by atoms with van der Waals surface area (Å²) in [7, 11) is 4.59. The second-order valence-corrected chi connectivity index (χ2v) is 9.27. The van der Waals surface area contributed by atoms with Crippen LogP contribution in [-0.4, -0.2) is 86.0 Å². The summed E-state index contributed by atoms with van der Waals surface area (Å²) in [6, 6.07) is 6.88. The third-order valence-corrected chi connectivity index (χ3v) is 7.28. The van der Waals surface area contributed by atoms with Gasteiger partial charge in [-0.2, -0.15) is 0 Å². The van der Waals surface area contributed by atoms with Crippen LogP contribution in [0.25, 0.3) is 21.8 Å². The molecule has 4 aromatic rings. The molecule has 2 aliphatic heterocycles. The van der Waals surface area contributed by atoms with Gasteiger partial charge >= 0.3 is 0 Å². The average molecular weight is 521 g/mol. The van der Waals surface area contributed by atoms with Gasteiger partial charge in [0.25, 0.3) is 11.8 Å². The fourth-order valence-corrected chi connectivity index (χ4v) is 5.44. The fourth-order valence-electron chi connectivity index (χ4n) is 5.44. The number of rotatable bonds is 5. The lowest BCUT2D eigenvalue weighted by Gasteiger charge is -2.26. The molecule has 0 spiro atoms. The standard InChI is InChI=1S/C27H28N4O7/c1-35-21-11-14-10-17(28-22(14)25(37-3)24(21)36-2)27(34)31-5-4-15-16-12-18(26(33)30-6-8-38-9-7-30)29-23(16)20(32)13-19(15)31/h10-13,28-29,32H,4-9H2,1-3H3. The number of amides is 2. The van der Waals surface area contributed by atoms with Gasteiger partial charge in [0.2, 0.25) is 5.75 Å². The van der Waals surface area contributed by atoms with E-state index >= 15 is 0 Å². The summed E-state index contributed by atoms with van der Waals surface area (Å²) in [6.45, 7) is 2.48. The number of nitrogens with zero attached hydrogens (tertiary/aromatic N) is 2. The number of phenols is 1. The number of hydrogen-bond donors (Lipinski definition) is 3. The van der Waals surface area contributed by atoms with Crippen molar-refractivity contribution in [2.75, 3.05) is 59.1 Å². The fraction of sp³-hybridized carbons (Fsp3) is 0.333. The second-order valence-electron chi connectivity index (χ2n) is 9.27. The van der Waals surface area contributed by atoms with Crippen LogP contribution in [0.3, 0.4) is 0 Å². The van der Waals surface area contributed by atoms with Crippen LogP contribution in [0, 0.1) is 0 Å². The number of anilines is 1. The number of aromatic amines is 2. The van der Waals surface area contributed by atoms with E-state index in [-0.39, 0.29) is 17.6 Å². The second kappa shape index (κ2) is 9.18. The average Bonchev–Trinajstić information content (AvgIpc) is 3.68. The Bertz CT molecular complexity index is 1580. The van der Waals surface area contributed by atoms with Crippen molar-refractivity contribution in [1.29, 1.82) is 0 Å². The lowest BCUT2D eigenvalue weighted by atomic mass is 10.1. The maximum atomic E-state index is 13.7. The van der Waals surface area contributed by atoms with Gasteiger partial charge in [-0.1, -0.05) is 0 Å². The Morgan fingerprint density at radius 2 is 1.58 bits per heavy atom. The minimum absolute atomic E-state index is 0.0210. The van der Waals surface area contributed by atoms with Crippen LogP contribution in [0.4, 0.5) is 5.69 Å². The molecule has 4 heterocycles. The van der Waals surface area contributed by atoms with Gasteiger partial charge in [-0.15, -0.1) is 0 Å². The molecule has 38 heavy (non-hydrogen) atoms. The monoisotopic (exact) mass is 520 g/mol. The summed E-state index contributed by atoms with van der Waals surface area (Å²) in [5, 5.41) is 12.3. The van der Waals surface area contributed by atoms with Crippen molar-refractivity contribution in [2.24, 2.45) is 0 Å². The van der Waals surface area contributed by atoms with Crippen LogP contribution >= 0.6 is 0 Å². The van der Waals surface area contributed by atoms with Crippen molar-refractivity contribution in [3.63, 3.8) is 0 Å². The molecule has 1 fully saturated rings. The predicted molar refractivity (Wildman–Crippen MR) is 140 cm³/mol. The first-order chi connectivity index (χ1) is 18.4. The highest BCUT2D eigenvalue weighted by Gasteiger charge is 2.31. The lowest BCUT2D eigenvalue weighted by molar-refractivity contribution is 0.0299. The summed E-state index contributed by atoms with van der Waals surface area (Å²) >= 11 is 0. The normalized spacial score (nSPS) is 15.2. The number of fused-ring (bicyclic) bond motifs is 4. The van der Waals surface area contributed by atoms with Crippen molar-refractivity contribution in [2.45, 2.75) is 6.42 Å². The molecule has 0 radical (unpaired) electrons. The minimum Gasteiger partial charge on any atom is -0.506 e. The van der Waals surface area contributed by atoms with Crippen LogP contribution < -0.4 is 19.1 Å². The van der Waals surface area contributed by atoms with Crippen LogP contribution in [-0.2, 0) is 11.2 Å². The molecule has 2 aromatic carbocycles. The van der Waals surface area contributed by atoms with Crippen molar-refractivity contribution in [3.05, 3.63) is 41.2 Å². The van der Waals surface area contributed by atoms with E-state index in [9.17, 15) is 14.7 Å². The van der Waals surface area contributed by atoms with Gasteiger partial charge in [-0.25, -0.2) is 0 Å². The first-order valence-corrected chi connectivity index (χ1v) is 12.3. The molecule has 3 N–H and O–H groups in total. The molecular weight excluding hydrogens is 492 g/mol. The number of nitrogens with one attached hydrogen (secondary N) is 2. The maximum Gasteiger partial charge on any atom is 0.274 e. The molecule has 11 heteroatoms. The maximum absolute atomic E-state index is 13.7. The summed E-state index contributed by atoms with van der Waals surface area (Å²) in [4.78, 5) is 36.3. The van der Waals surface area contributed by atoms with Gasteiger partial charge < -0.3 is 43.8 Å². The first-order valence-electron chi connectivity index (χ1n) is 12.3. The topological polar surface area (TPSA) is 129 Å². The molecule has 198 valence electrons. The molecule has 2 amide bonds. The largest absolute Gasteiger partial charge is 0.506 e. The summed E-state index contributed by atoms with van der Waals surface area (Å²) in [6.07, 6.45) is 0.589. The Hall–Kier alpha value is -4.38. The highest BCUT2D eigenvalue weighted by molar-refractivity contribution is 6.12. The zero-order chi connectivity index (χ0) is 26.6. The van der Waals surface area contributed by atoms with E-state index in [1.54, 1.807) is 34.1 Å². The Labute approximate surface area is 217 Å². The van der Waals surface area contributed by atoms with Crippen LogP contribution in [0.1, 0.15) is 26.5 Å². The van der Waals surface area contributed by atoms with Crippen molar-refractivity contribution >= 4 is 39.3 Å². The van der Waals surface area contributed by atoms with Gasteiger partial charge in [-0.3, -0.25) is 9.59 Å². The smallest absolute Gasteiger partial charge is 0.274 e. The van der Waals surface area contributed by atoms with Gasteiger partial charge in [0.1, 0.15) is 17.1 Å². The van der Waals surface area contributed by atoms with Crippen molar-refractivity contribution in [3.8, 4) is 23.0 Å². The Kier molecular flexibility index (Phi) is 5.79. The summed E-state index contributed by atoms with van der Waals surface area (Å²) < 4.78 is 21.8. The Balaban J connectivity index is 1.37. The number of carbonyl (C=O) groups is 2. The van der Waals surface area contributed by atoms with E-state index in [4.69, 9.17) is 18.9 Å². The molecule has 1 saturated heterocycles. The van der Waals surface area contributed by atoms with Gasteiger partial charge in [-0.05, 0) is 30.2 Å². The van der Waals surface area contributed by atoms with Crippen LogP contribution in [0.5, 0.6) is 23.0 Å². The molecule has 0 bridgehead atoms. The molecule has 0 saturated carbocycles. The third kappa shape index (κ3) is 3.61. The van der Waals surface area contributed by atoms with Crippen molar-refractivity contribution < 1.29 is 33.6 Å². The van der Waals surface area contributed by atoms with E-state index in [1.807, 2.05) is 0 Å². The number of hydrogen-bond acceptors (Lipinski definition) is 7. The molecular formula is C27H28N4O7. The Morgan fingerprint density at radius 1 is 0.868 bits per heavy atom. The Morgan fingerprint density at radius 3 is 2.29 bits per heavy atom. The summed E-state index contributed by atoms with van der Waals surface area (Å²) in [5.41, 5.74) is 3.39. The number of aromatic nitrogens is 2. The number of benzene rings is 2. The molecule has 11 nitrogen and oxygen atoms in total. The van der Waals surface area contributed by atoms with Gasteiger partial charge in [0, 0.05) is 36.5 Å². The number of H-pyrrole nitrogens is 2. The zero-order valence-corrected chi connectivity index (χ0v) is 21.3. The number of morpholine rings is 1. The SMILES string of the molecule is COc1cc2cc(C(=O)N3CCc4c3cc(O)c3[nH]c(C(=O)N5CCOCC5)cc43)[nH]c2c(OC)c1OC. The van der Waals surface area contributed by atoms with Crippen LogP contribution in [0.15, 0.2) is 24.3 Å². The van der Waals surface area contributed by atoms with Gasteiger partial charge in [0.05, 0.1) is 51.3 Å². The van der Waals surface area contributed by atoms with E-state index in [1.165, 1.54) is 21.3 Å². The zero-order valence-electron chi connectivity index (χ0n) is 21.3. The van der Waals surface area contributed by atoms with E-state index in [0.29, 0.717) is 84.6 Å². The van der Waals surface area contributed by atoms with E-state index in [2.05, 4.69) is 9.97 Å². The third-order valence-electron chi connectivity index (χ3n) is 7.28. The minimum atomic E-state index is -0.251. The molecule has 6 rings (SSSR count). The highest BCUT2D eigenvalue weighted by atomic mass is 16.5. The van der Waals surface area contributed by atoms with Crippen molar-refractivity contribution in [1.82, 2.24) is 14.9 Å². The molecule has 0 aliphatic carbocycles. The quantitative estimate of drug-likeness (QED) is 0.369. The number of carbonyl (C=O) groups excluding carboxylic acids is 2. The molecule has 2 aromatic heterocycles. The lowest BCUT2D eigenvalue weighted by Crippen LogP contribution is -2.40. The molecule has 2 aliphatic rings. The highest BCUT2D eigenvalue weighted by Crippen LogP contribution is 2.44. The number of phenolic OH excluding ortho intramolecular Hbond substituents is 1. The molecule has 0 atom stereocenters. The number of aromatic hydroxyl groups is 1. The van der Waals surface area contributed by atoms with E-state index < -0.39 is 0 Å². The first kappa shape index (κ1) is 24.0.